The molecule has 4 nitrogen and oxygen atoms in total. The van der Waals surface area contributed by atoms with Gasteiger partial charge in [0.25, 0.3) is 0 Å². The molecule has 0 atom stereocenters. The van der Waals surface area contributed by atoms with Gasteiger partial charge in [-0.25, -0.2) is 0 Å². The highest BCUT2D eigenvalue weighted by Gasteiger charge is 2.28. The molecule has 1 aromatic carbocycles. The van der Waals surface area contributed by atoms with Crippen LogP contribution in [0.15, 0.2) is 41.8 Å². The zero-order chi connectivity index (χ0) is 17.6. The van der Waals surface area contributed by atoms with Crippen molar-refractivity contribution in [2.45, 2.75) is 25.7 Å². The summed E-state index contributed by atoms with van der Waals surface area (Å²) < 4.78 is 5.34. The van der Waals surface area contributed by atoms with Crippen molar-refractivity contribution in [1.29, 1.82) is 0 Å². The standard InChI is InChI=1S/C20H23NO3S/c1-24-17-6-3-2-5-15(17)8-9-19(22)21-12-10-16(11-13-21)20(23)18-7-4-14-25-18/h2-7,14,16H,8-13H2,1H3. The molecule has 1 amide bonds. The summed E-state index contributed by atoms with van der Waals surface area (Å²) in [5.74, 6) is 1.27. The number of carbonyl (C=O) groups excluding carboxylic acids is 2. The molecule has 1 aliphatic heterocycles. The highest BCUT2D eigenvalue weighted by Crippen LogP contribution is 2.25. The molecule has 0 N–H and O–H groups in total. The normalized spacial score (nSPS) is 15.2. The third-order valence-electron chi connectivity index (χ3n) is 4.78. The SMILES string of the molecule is COc1ccccc1CCC(=O)N1CCC(C(=O)c2cccs2)CC1. The average molecular weight is 357 g/mol. The van der Waals surface area contributed by atoms with E-state index in [1.165, 1.54) is 11.3 Å². The topological polar surface area (TPSA) is 46.6 Å². The van der Waals surface area contributed by atoms with Gasteiger partial charge in [0, 0.05) is 25.4 Å². The Balaban J connectivity index is 1.49. The zero-order valence-electron chi connectivity index (χ0n) is 14.4. The number of rotatable bonds is 6. The third kappa shape index (κ3) is 4.28. The molecule has 2 heterocycles. The first-order chi connectivity index (χ1) is 12.2. The van der Waals surface area contributed by atoms with E-state index < -0.39 is 0 Å². The van der Waals surface area contributed by atoms with E-state index in [0.29, 0.717) is 25.9 Å². The maximum Gasteiger partial charge on any atom is 0.222 e. The first-order valence-corrected chi connectivity index (χ1v) is 9.54. The molecule has 1 aromatic heterocycles. The number of Topliss-reactive ketones (excluding diaryl/α,β-unsaturated/α-hetero) is 1. The summed E-state index contributed by atoms with van der Waals surface area (Å²) in [6.07, 6.45) is 2.68. The summed E-state index contributed by atoms with van der Waals surface area (Å²) in [6, 6.07) is 11.6. The van der Waals surface area contributed by atoms with Gasteiger partial charge in [-0.3, -0.25) is 9.59 Å². The van der Waals surface area contributed by atoms with Gasteiger partial charge in [0.1, 0.15) is 5.75 Å². The predicted molar refractivity (Wildman–Crippen MR) is 99.3 cm³/mol. The number of hydrogen-bond acceptors (Lipinski definition) is 4. The quantitative estimate of drug-likeness (QED) is 0.739. The molecule has 1 fully saturated rings. The van der Waals surface area contributed by atoms with Crippen LogP contribution < -0.4 is 4.74 Å². The summed E-state index contributed by atoms with van der Waals surface area (Å²) in [4.78, 5) is 27.6. The number of likely N-dealkylation sites (tertiary alicyclic amines) is 1. The molecule has 132 valence electrons. The number of hydrogen-bond donors (Lipinski definition) is 0. The number of nitrogens with zero attached hydrogens (tertiary/aromatic N) is 1. The van der Waals surface area contributed by atoms with E-state index in [0.717, 1.165) is 29.0 Å². The number of amides is 1. The predicted octanol–water partition coefficient (Wildman–Crippen LogP) is 3.81. The minimum absolute atomic E-state index is 0.0527. The molecule has 0 bridgehead atoms. The number of benzene rings is 1. The van der Waals surface area contributed by atoms with E-state index in [1.807, 2.05) is 46.7 Å². The maximum atomic E-state index is 12.5. The van der Waals surface area contributed by atoms with Crippen LogP contribution in [-0.4, -0.2) is 36.8 Å². The first-order valence-electron chi connectivity index (χ1n) is 8.66. The molecule has 0 saturated carbocycles. The highest BCUT2D eigenvalue weighted by atomic mass is 32.1. The number of aryl methyl sites for hydroxylation is 1. The van der Waals surface area contributed by atoms with Crippen molar-refractivity contribution in [3.63, 3.8) is 0 Å². The van der Waals surface area contributed by atoms with Gasteiger partial charge >= 0.3 is 0 Å². The molecule has 1 aliphatic rings. The smallest absolute Gasteiger partial charge is 0.222 e. The summed E-state index contributed by atoms with van der Waals surface area (Å²) >= 11 is 1.50. The molecule has 0 unspecified atom stereocenters. The fourth-order valence-corrected chi connectivity index (χ4v) is 4.06. The number of para-hydroxylation sites is 1. The molecule has 0 aliphatic carbocycles. The molecule has 25 heavy (non-hydrogen) atoms. The Morgan fingerprint density at radius 2 is 1.92 bits per heavy atom. The van der Waals surface area contributed by atoms with Crippen molar-refractivity contribution >= 4 is 23.0 Å². The fourth-order valence-electron chi connectivity index (χ4n) is 3.32. The second-order valence-corrected chi connectivity index (χ2v) is 7.26. The van der Waals surface area contributed by atoms with Gasteiger partial charge in [-0.1, -0.05) is 24.3 Å². The van der Waals surface area contributed by atoms with Crippen LogP contribution in [0.1, 0.15) is 34.5 Å². The average Bonchev–Trinajstić information content (AvgIpc) is 3.20. The summed E-state index contributed by atoms with van der Waals surface area (Å²) in [6.45, 7) is 1.35. The van der Waals surface area contributed by atoms with Gasteiger partial charge in [-0.05, 0) is 42.3 Å². The first kappa shape index (κ1) is 17.7. The van der Waals surface area contributed by atoms with Crippen LogP contribution in [0.5, 0.6) is 5.75 Å². The van der Waals surface area contributed by atoms with Gasteiger partial charge < -0.3 is 9.64 Å². The Labute approximate surface area is 152 Å². The van der Waals surface area contributed by atoms with E-state index in [2.05, 4.69) is 0 Å². The lowest BCUT2D eigenvalue weighted by molar-refractivity contribution is -0.132. The minimum atomic E-state index is 0.0527. The molecule has 0 radical (unpaired) electrons. The van der Waals surface area contributed by atoms with Crippen LogP contribution in [0.2, 0.25) is 0 Å². The summed E-state index contributed by atoms with van der Waals surface area (Å²) in [7, 11) is 1.65. The van der Waals surface area contributed by atoms with Crippen molar-refractivity contribution in [2.24, 2.45) is 5.92 Å². The Morgan fingerprint density at radius 3 is 2.60 bits per heavy atom. The maximum absolute atomic E-state index is 12.5. The largest absolute Gasteiger partial charge is 0.496 e. The molecule has 3 rings (SSSR count). The van der Waals surface area contributed by atoms with Crippen LogP contribution in [0.25, 0.3) is 0 Å². The van der Waals surface area contributed by atoms with E-state index in [1.54, 1.807) is 7.11 Å². The van der Waals surface area contributed by atoms with Crippen LogP contribution in [0.4, 0.5) is 0 Å². The number of thiophene rings is 1. The molecular formula is C20H23NO3S. The Morgan fingerprint density at radius 1 is 1.16 bits per heavy atom. The monoisotopic (exact) mass is 357 g/mol. The second kappa shape index (κ2) is 8.30. The van der Waals surface area contributed by atoms with E-state index in [4.69, 9.17) is 4.74 Å². The minimum Gasteiger partial charge on any atom is -0.496 e. The Hall–Kier alpha value is -2.14. The van der Waals surface area contributed by atoms with Gasteiger partial charge in [-0.2, -0.15) is 0 Å². The van der Waals surface area contributed by atoms with Crippen LogP contribution >= 0.6 is 11.3 Å². The van der Waals surface area contributed by atoms with Crippen molar-refractivity contribution in [3.8, 4) is 5.75 Å². The van der Waals surface area contributed by atoms with Crippen LogP contribution in [0.3, 0.4) is 0 Å². The van der Waals surface area contributed by atoms with Gasteiger partial charge in [0.2, 0.25) is 5.91 Å². The van der Waals surface area contributed by atoms with E-state index in [-0.39, 0.29) is 17.6 Å². The lowest BCUT2D eigenvalue weighted by Gasteiger charge is -2.31. The molecule has 5 heteroatoms. The van der Waals surface area contributed by atoms with E-state index >= 15 is 0 Å². The highest BCUT2D eigenvalue weighted by molar-refractivity contribution is 7.12. The lowest BCUT2D eigenvalue weighted by Crippen LogP contribution is -2.40. The Kier molecular flexibility index (Phi) is 5.87. The van der Waals surface area contributed by atoms with Crippen molar-refractivity contribution < 1.29 is 14.3 Å². The summed E-state index contributed by atoms with van der Waals surface area (Å²) in [5, 5.41) is 1.93. The molecule has 1 saturated heterocycles. The summed E-state index contributed by atoms with van der Waals surface area (Å²) in [5.41, 5.74) is 1.06. The van der Waals surface area contributed by atoms with Crippen molar-refractivity contribution in [3.05, 3.63) is 52.2 Å². The fraction of sp³-hybridized carbons (Fsp3) is 0.400. The number of ketones is 1. The van der Waals surface area contributed by atoms with Crippen molar-refractivity contribution in [1.82, 2.24) is 4.90 Å². The number of methoxy groups -OCH3 is 1. The lowest BCUT2D eigenvalue weighted by atomic mass is 9.91. The van der Waals surface area contributed by atoms with Gasteiger partial charge in [-0.15, -0.1) is 11.3 Å². The van der Waals surface area contributed by atoms with Crippen molar-refractivity contribution in [2.75, 3.05) is 20.2 Å². The molecule has 2 aromatic rings. The van der Waals surface area contributed by atoms with Crippen LogP contribution in [0, 0.1) is 5.92 Å². The second-order valence-electron chi connectivity index (χ2n) is 6.31. The van der Waals surface area contributed by atoms with E-state index in [9.17, 15) is 9.59 Å². The van der Waals surface area contributed by atoms with Gasteiger partial charge in [0.15, 0.2) is 5.78 Å². The zero-order valence-corrected chi connectivity index (χ0v) is 15.3. The van der Waals surface area contributed by atoms with Crippen LogP contribution in [-0.2, 0) is 11.2 Å². The molecular weight excluding hydrogens is 334 g/mol. The Bertz CT molecular complexity index is 718. The number of carbonyl (C=O) groups is 2. The number of ether oxygens (including phenoxy) is 1. The third-order valence-corrected chi connectivity index (χ3v) is 5.67. The van der Waals surface area contributed by atoms with Gasteiger partial charge in [0.05, 0.1) is 12.0 Å². The molecule has 0 spiro atoms. The number of piperidine rings is 1.